The number of epoxide rings is 1. The average Bonchev–Trinajstić information content (AvgIpc) is 3.59. The molecule has 35 heavy (non-hydrogen) atoms. The third-order valence-corrected chi connectivity index (χ3v) is 8.61. The lowest BCUT2D eigenvalue weighted by molar-refractivity contribution is -0.151. The van der Waals surface area contributed by atoms with E-state index in [2.05, 4.69) is 18.8 Å². The number of pyridine rings is 1. The smallest absolute Gasteiger partial charge is 0.396 e. The Morgan fingerprint density at radius 1 is 1.09 bits per heavy atom. The first-order valence-electron chi connectivity index (χ1n) is 12.5. The fourth-order valence-corrected chi connectivity index (χ4v) is 6.36. The standard InChI is InChI=1S/C14H12F3N.C14H24O3/c1-2-13-7-6-11(9-18-13)10-4-3-5-12(8-10)14(15,16)17;1-12-5-4-11(16)13(2,8-15)10(12)3-6-14(7-12)9-17-14/h3-9H,2H2,1H3;10-11,15-16H,3-9H2,1-2H3/t;10?,11-,12+,13+,14?/m.1/s1. The first-order chi connectivity index (χ1) is 16.4. The Morgan fingerprint density at radius 2 is 1.83 bits per heavy atom. The summed E-state index contributed by atoms with van der Waals surface area (Å²) in [7, 11) is 0. The molecule has 4 nitrogen and oxygen atoms in total. The van der Waals surface area contributed by atoms with E-state index in [4.69, 9.17) is 4.74 Å². The summed E-state index contributed by atoms with van der Waals surface area (Å²) in [5.74, 6) is 0.429. The van der Waals surface area contributed by atoms with E-state index in [0.717, 1.165) is 63.0 Å². The molecule has 5 atom stereocenters. The molecular formula is C28H36F3NO3. The Kier molecular flexibility index (Phi) is 7.08. The second kappa shape index (κ2) is 9.49. The summed E-state index contributed by atoms with van der Waals surface area (Å²) in [6.45, 7) is 7.40. The van der Waals surface area contributed by atoms with E-state index in [0.29, 0.717) is 17.0 Å². The number of rotatable bonds is 3. The lowest BCUT2D eigenvalue weighted by Crippen LogP contribution is -2.56. The Hall–Kier alpha value is -1.96. The molecule has 2 N–H and O–H groups in total. The molecule has 1 saturated heterocycles. The monoisotopic (exact) mass is 491 g/mol. The molecule has 5 rings (SSSR count). The van der Waals surface area contributed by atoms with Crippen LogP contribution in [0.3, 0.4) is 0 Å². The van der Waals surface area contributed by atoms with Crippen molar-refractivity contribution in [3.05, 3.63) is 53.9 Å². The number of nitrogens with zero attached hydrogens (tertiary/aromatic N) is 1. The number of hydrogen-bond donors (Lipinski definition) is 2. The van der Waals surface area contributed by atoms with Gasteiger partial charge in [0.1, 0.15) is 0 Å². The maximum atomic E-state index is 12.6. The molecule has 1 aromatic heterocycles. The maximum absolute atomic E-state index is 12.6. The quantitative estimate of drug-likeness (QED) is 0.514. The minimum absolute atomic E-state index is 0.0995. The minimum atomic E-state index is -4.31. The lowest BCUT2D eigenvalue weighted by Gasteiger charge is -2.57. The van der Waals surface area contributed by atoms with Gasteiger partial charge in [0.25, 0.3) is 0 Å². The molecule has 1 spiro atoms. The highest BCUT2D eigenvalue weighted by Gasteiger charge is 2.61. The van der Waals surface area contributed by atoms with Crippen molar-refractivity contribution in [2.45, 2.75) is 77.2 Å². The second-order valence-corrected chi connectivity index (χ2v) is 11.1. The predicted octanol–water partition coefficient (Wildman–Crippen LogP) is 6.04. The van der Waals surface area contributed by atoms with E-state index in [9.17, 15) is 23.4 Å². The fourth-order valence-electron chi connectivity index (χ4n) is 6.36. The molecule has 2 unspecified atom stereocenters. The maximum Gasteiger partial charge on any atom is 0.416 e. The van der Waals surface area contributed by atoms with Crippen LogP contribution in [0.4, 0.5) is 13.2 Å². The number of halogens is 3. The van der Waals surface area contributed by atoms with Crippen LogP contribution in [0, 0.1) is 16.7 Å². The zero-order chi connectivity index (χ0) is 25.5. The van der Waals surface area contributed by atoms with Crippen LogP contribution in [0.25, 0.3) is 11.1 Å². The van der Waals surface area contributed by atoms with Gasteiger partial charge in [-0.15, -0.1) is 0 Å². The van der Waals surface area contributed by atoms with Crippen LogP contribution in [0.2, 0.25) is 0 Å². The van der Waals surface area contributed by atoms with E-state index in [1.54, 1.807) is 18.3 Å². The summed E-state index contributed by atoms with van der Waals surface area (Å²) >= 11 is 0. The molecule has 192 valence electrons. The molecule has 0 radical (unpaired) electrons. The van der Waals surface area contributed by atoms with Crippen LogP contribution in [-0.4, -0.2) is 40.1 Å². The molecule has 2 aliphatic carbocycles. The van der Waals surface area contributed by atoms with Crippen molar-refractivity contribution in [3.8, 4) is 11.1 Å². The van der Waals surface area contributed by atoms with E-state index >= 15 is 0 Å². The van der Waals surface area contributed by atoms with Crippen molar-refractivity contribution < 1.29 is 28.1 Å². The number of ether oxygens (including phenoxy) is 1. The van der Waals surface area contributed by atoms with Gasteiger partial charge < -0.3 is 14.9 Å². The topological polar surface area (TPSA) is 65.9 Å². The molecule has 2 aromatic rings. The summed E-state index contributed by atoms with van der Waals surface area (Å²) in [6, 6.07) is 8.89. The van der Waals surface area contributed by atoms with Crippen molar-refractivity contribution in [2.24, 2.45) is 16.7 Å². The van der Waals surface area contributed by atoms with Gasteiger partial charge in [-0.1, -0.05) is 39.0 Å². The third kappa shape index (κ3) is 5.27. The van der Waals surface area contributed by atoms with Gasteiger partial charge in [-0.25, -0.2) is 0 Å². The van der Waals surface area contributed by atoms with E-state index in [1.165, 1.54) is 6.07 Å². The van der Waals surface area contributed by atoms with Gasteiger partial charge in [-0.05, 0) is 73.6 Å². The SMILES string of the molecule is CCc1ccc(-c2cccc(C(F)(F)F)c2)cn1.C[C@@]12CC[C@@H](O)[C@@](C)(CO)C1CCC1(CO1)C2. The van der Waals surface area contributed by atoms with Gasteiger partial charge in [0.05, 0.1) is 30.5 Å². The first-order valence-corrected chi connectivity index (χ1v) is 12.5. The van der Waals surface area contributed by atoms with Crippen molar-refractivity contribution in [1.82, 2.24) is 4.98 Å². The normalized spacial score (nSPS) is 34.1. The Bertz CT molecular complexity index is 1020. The largest absolute Gasteiger partial charge is 0.416 e. The number of aliphatic hydroxyl groups excluding tert-OH is 2. The highest BCUT2D eigenvalue weighted by atomic mass is 19.4. The molecule has 0 bridgehead atoms. The Morgan fingerprint density at radius 3 is 2.40 bits per heavy atom. The number of aryl methyl sites for hydroxylation is 1. The van der Waals surface area contributed by atoms with Gasteiger partial charge in [-0.2, -0.15) is 13.2 Å². The summed E-state index contributed by atoms with van der Waals surface area (Å²) < 4.78 is 43.4. The summed E-state index contributed by atoms with van der Waals surface area (Å²) in [5.41, 5.74) is 1.60. The lowest BCUT2D eigenvalue weighted by atomic mass is 9.49. The molecule has 1 aliphatic heterocycles. The highest BCUT2D eigenvalue weighted by molar-refractivity contribution is 5.63. The van der Waals surface area contributed by atoms with Gasteiger partial charge in [-0.3, -0.25) is 4.98 Å². The molecule has 2 heterocycles. The molecule has 3 aliphatic rings. The summed E-state index contributed by atoms with van der Waals surface area (Å²) in [5, 5.41) is 20.0. The summed E-state index contributed by atoms with van der Waals surface area (Å²) in [4.78, 5) is 4.18. The van der Waals surface area contributed by atoms with Crippen molar-refractivity contribution in [3.63, 3.8) is 0 Å². The Labute approximate surface area is 205 Å². The summed E-state index contributed by atoms with van der Waals surface area (Å²) in [6.07, 6.45) is 2.95. The van der Waals surface area contributed by atoms with Crippen LogP contribution in [-0.2, 0) is 17.3 Å². The molecular weight excluding hydrogens is 455 g/mol. The van der Waals surface area contributed by atoms with Crippen molar-refractivity contribution in [1.29, 1.82) is 0 Å². The van der Waals surface area contributed by atoms with Gasteiger partial charge in [0, 0.05) is 22.9 Å². The zero-order valence-electron chi connectivity index (χ0n) is 20.7. The predicted molar refractivity (Wildman–Crippen MR) is 129 cm³/mol. The number of hydrogen-bond acceptors (Lipinski definition) is 4. The minimum Gasteiger partial charge on any atom is -0.396 e. The third-order valence-electron chi connectivity index (χ3n) is 8.61. The van der Waals surface area contributed by atoms with E-state index < -0.39 is 11.7 Å². The molecule has 0 amide bonds. The van der Waals surface area contributed by atoms with Crippen LogP contribution in [0.15, 0.2) is 42.6 Å². The second-order valence-electron chi connectivity index (χ2n) is 11.1. The van der Waals surface area contributed by atoms with Crippen molar-refractivity contribution in [2.75, 3.05) is 13.2 Å². The molecule has 2 saturated carbocycles. The van der Waals surface area contributed by atoms with E-state index in [-0.39, 0.29) is 29.1 Å². The number of fused-ring (bicyclic) bond motifs is 1. The van der Waals surface area contributed by atoms with Crippen LogP contribution in [0.1, 0.15) is 64.1 Å². The zero-order valence-corrected chi connectivity index (χ0v) is 20.7. The first kappa shape index (κ1) is 26.1. The molecule has 1 aromatic carbocycles. The number of aliphatic hydroxyl groups is 2. The van der Waals surface area contributed by atoms with Gasteiger partial charge >= 0.3 is 6.18 Å². The fraction of sp³-hybridized carbons (Fsp3) is 0.607. The van der Waals surface area contributed by atoms with Crippen LogP contribution >= 0.6 is 0 Å². The number of benzene rings is 1. The molecule has 7 heteroatoms. The average molecular weight is 492 g/mol. The Balaban J connectivity index is 0.000000165. The number of aromatic nitrogens is 1. The van der Waals surface area contributed by atoms with Gasteiger partial charge in [0.15, 0.2) is 0 Å². The molecule has 3 fully saturated rings. The van der Waals surface area contributed by atoms with Crippen LogP contribution < -0.4 is 0 Å². The highest BCUT2D eigenvalue weighted by Crippen LogP contribution is 2.62. The van der Waals surface area contributed by atoms with Gasteiger partial charge in [0.2, 0.25) is 0 Å². The van der Waals surface area contributed by atoms with E-state index in [1.807, 2.05) is 13.0 Å². The van der Waals surface area contributed by atoms with Crippen LogP contribution in [0.5, 0.6) is 0 Å². The van der Waals surface area contributed by atoms with Crippen molar-refractivity contribution >= 4 is 0 Å². The number of alkyl halides is 3.